The number of fused-ring (bicyclic) bond motifs is 4. The van der Waals surface area contributed by atoms with Crippen LogP contribution in [0, 0.1) is 6.92 Å². The van der Waals surface area contributed by atoms with Crippen LogP contribution in [0.3, 0.4) is 0 Å². The summed E-state index contributed by atoms with van der Waals surface area (Å²) in [4.78, 5) is 44.6. The van der Waals surface area contributed by atoms with Crippen LogP contribution >= 0.6 is 0 Å². The molecule has 0 bridgehead atoms. The van der Waals surface area contributed by atoms with Crippen molar-refractivity contribution in [2.24, 2.45) is 0 Å². The molecule has 6 rings (SSSR count). The summed E-state index contributed by atoms with van der Waals surface area (Å²) < 4.78 is 11.5. The summed E-state index contributed by atoms with van der Waals surface area (Å²) in [6.45, 7) is 2.48. The highest BCUT2D eigenvalue weighted by atomic mass is 16.4. The fraction of sp³-hybridized carbons (Fsp3) is 0.207. The molecule has 0 saturated carbocycles. The average Bonchev–Trinajstić information content (AvgIpc) is 3.28. The number of aromatic hydroxyl groups is 1. The van der Waals surface area contributed by atoms with Crippen molar-refractivity contribution in [1.29, 1.82) is 0 Å². The third-order valence-electron chi connectivity index (χ3n) is 7.08. The van der Waals surface area contributed by atoms with Crippen LogP contribution in [0.2, 0.25) is 0 Å². The molecule has 4 heterocycles. The number of nitrogens with one attached hydrogen (secondary N) is 1. The van der Waals surface area contributed by atoms with Crippen molar-refractivity contribution in [3.05, 3.63) is 110 Å². The van der Waals surface area contributed by atoms with Gasteiger partial charge in [-0.2, -0.15) is 0 Å². The molecule has 1 atom stereocenters. The van der Waals surface area contributed by atoms with Crippen molar-refractivity contribution < 1.29 is 18.7 Å². The SMILES string of the molecule is Cc1cc(=O)c(O)c([C@H](CC(=O)N2CCc3c([nH]c4ccccc34)C2)c2coc3ccccc3c2=O)o1. The maximum Gasteiger partial charge on any atom is 0.227 e. The minimum absolute atomic E-state index is 0.121. The topological polar surface area (TPSA) is 117 Å². The minimum atomic E-state index is -1.01. The molecular weight excluding hydrogens is 472 g/mol. The molecule has 0 radical (unpaired) electrons. The number of nitrogens with zero attached hydrogens (tertiary/aromatic N) is 1. The van der Waals surface area contributed by atoms with Gasteiger partial charge in [0.15, 0.2) is 11.2 Å². The van der Waals surface area contributed by atoms with Gasteiger partial charge in [-0.3, -0.25) is 14.4 Å². The van der Waals surface area contributed by atoms with Crippen molar-refractivity contribution in [3.63, 3.8) is 0 Å². The number of para-hydroxylation sites is 2. The van der Waals surface area contributed by atoms with Crippen LogP contribution in [0.4, 0.5) is 0 Å². The van der Waals surface area contributed by atoms with Crippen LogP contribution in [0.5, 0.6) is 5.75 Å². The zero-order valence-corrected chi connectivity index (χ0v) is 20.1. The zero-order chi connectivity index (χ0) is 25.7. The third-order valence-corrected chi connectivity index (χ3v) is 7.08. The summed E-state index contributed by atoms with van der Waals surface area (Å²) >= 11 is 0. The molecule has 0 aliphatic carbocycles. The molecule has 0 saturated heterocycles. The molecule has 5 aromatic rings. The normalized spacial score (nSPS) is 14.1. The van der Waals surface area contributed by atoms with Gasteiger partial charge in [-0.25, -0.2) is 0 Å². The number of aryl methyl sites for hydroxylation is 1. The van der Waals surface area contributed by atoms with Gasteiger partial charge in [0.1, 0.15) is 11.3 Å². The summed E-state index contributed by atoms with van der Waals surface area (Å²) in [5.41, 5.74) is 2.76. The van der Waals surface area contributed by atoms with E-state index in [4.69, 9.17) is 8.83 Å². The Hall–Kier alpha value is -4.59. The number of aromatic nitrogens is 1. The van der Waals surface area contributed by atoms with Crippen molar-refractivity contribution in [2.75, 3.05) is 6.54 Å². The predicted molar refractivity (Wildman–Crippen MR) is 138 cm³/mol. The molecule has 8 nitrogen and oxygen atoms in total. The van der Waals surface area contributed by atoms with Crippen molar-refractivity contribution in [1.82, 2.24) is 9.88 Å². The van der Waals surface area contributed by atoms with Gasteiger partial charge in [-0.1, -0.05) is 30.3 Å². The van der Waals surface area contributed by atoms with E-state index in [0.29, 0.717) is 30.5 Å². The number of amides is 1. The molecule has 3 aromatic heterocycles. The molecule has 2 aromatic carbocycles. The monoisotopic (exact) mass is 496 g/mol. The van der Waals surface area contributed by atoms with E-state index in [1.54, 1.807) is 36.1 Å². The van der Waals surface area contributed by atoms with Gasteiger partial charge in [0, 0.05) is 41.2 Å². The minimum Gasteiger partial charge on any atom is -0.502 e. The molecule has 0 unspecified atom stereocenters. The van der Waals surface area contributed by atoms with Gasteiger partial charge in [0.05, 0.1) is 24.1 Å². The number of aromatic amines is 1. The van der Waals surface area contributed by atoms with Gasteiger partial charge < -0.3 is 23.8 Å². The van der Waals surface area contributed by atoms with Gasteiger partial charge in [-0.05, 0) is 37.1 Å². The molecule has 0 spiro atoms. The molecule has 1 aliphatic heterocycles. The average molecular weight is 497 g/mol. The lowest BCUT2D eigenvalue weighted by molar-refractivity contribution is -0.132. The molecule has 0 fully saturated rings. The lowest BCUT2D eigenvalue weighted by Gasteiger charge is -2.28. The van der Waals surface area contributed by atoms with Crippen LogP contribution in [0.25, 0.3) is 21.9 Å². The first-order valence-electron chi connectivity index (χ1n) is 12.1. The number of hydrogen-bond donors (Lipinski definition) is 2. The Morgan fingerprint density at radius 1 is 1.11 bits per heavy atom. The largest absolute Gasteiger partial charge is 0.502 e. The van der Waals surface area contributed by atoms with Crippen LogP contribution in [-0.4, -0.2) is 27.4 Å². The quantitative estimate of drug-likeness (QED) is 0.382. The maximum atomic E-state index is 13.6. The van der Waals surface area contributed by atoms with Gasteiger partial charge in [0.25, 0.3) is 0 Å². The standard InChI is InChI=1S/C29H24N2O6/c1-16-12-24(32)28(35)29(37-16)20(21-15-36-25-9-5-3-7-19(25)27(21)34)13-26(33)31-11-10-18-17-6-2-4-8-22(17)30-23(18)14-31/h2-9,12,15,20,30,35H,10-11,13-14H2,1H3/t20-/m1/s1. The summed E-state index contributed by atoms with van der Waals surface area (Å²) in [6.07, 6.45) is 1.80. The van der Waals surface area contributed by atoms with Crippen LogP contribution in [0.1, 0.15) is 40.7 Å². The number of carbonyl (C=O) groups excluding carboxylic acids is 1. The lowest BCUT2D eigenvalue weighted by atomic mass is 9.91. The first-order chi connectivity index (χ1) is 17.9. The van der Waals surface area contributed by atoms with Crippen molar-refractivity contribution in [3.8, 4) is 5.75 Å². The summed E-state index contributed by atoms with van der Waals surface area (Å²) in [6, 6.07) is 16.0. The first kappa shape index (κ1) is 22.8. The van der Waals surface area contributed by atoms with E-state index in [2.05, 4.69) is 11.1 Å². The second-order valence-electron chi connectivity index (χ2n) is 9.40. The molecule has 186 valence electrons. The number of benzene rings is 2. The summed E-state index contributed by atoms with van der Waals surface area (Å²) in [5, 5.41) is 12.1. The molecule has 1 aliphatic rings. The number of carbonyl (C=O) groups is 1. The van der Waals surface area contributed by atoms with E-state index in [1.165, 1.54) is 17.9 Å². The van der Waals surface area contributed by atoms with E-state index in [1.807, 2.05) is 18.2 Å². The number of hydrogen-bond acceptors (Lipinski definition) is 6. The second kappa shape index (κ2) is 8.81. The molecule has 8 heteroatoms. The van der Waals surface area contributed by atoms with E-state index < -0.39 is 17.1 Å². The van der Waals surface area contributed by atoms with Crippen LogP contribution in [-0.2, 0) is 17.8 Å². The molecule has 2 N–H and O–H groups in total. The number of rotatable bonds is 4. The summed E-state index contributed by atoms with van der Waals surface area (Å²) in [7, 11) is 0. The Balaban J connectivity index is 1.40. The zero-order valence-electron chi connectivity index (χ0n) is 20.1. The van der Waals surface area contributed by atoms with Crippen LogP contribution in [0.15, 0.2) is 79.3 Å². The fourth-order valence-electron chi connectivity index (χ4n) is 5.25. The Labute approximate surface area is 210 Å². The Morgan fingerprint density at radius 2 is 1.86 bits per heavy atom. The van der Waals surface area contributed by atoms with E-state index in [-0.39, 0.29) is 34.8 Å². The Bertz CT molecular complexity index is 1790. The highest BCUT2D eigenvalue weighted by molar-refractivity contribution is 5.86. The molecule has 1 amide bonds. The number of H-pyrrole nitrogens is 1. The lowest BCUT2D eigenvalue weighted by Crippen LogP contribution is -2.37. The predicted octanol–water partition coefficient (Wildman–Crippen LogP) is 4.35. The van der Waals surface area contributed by atoms with Crippen LogP contribution < -0.4 is 10.9 Å². The maximum absolute atomic E-state index is 13.6. The van der Waals surface area contributed by atoms with Gasteiger partial charge in [0.2, 0.25) is 17.1 Å². The smallest absolute Gasteiger partial charge is 0.227 e. The highest BCUT2D eigenvalue weighted by Crippen LogP contribution is 2.34. The third kappa shape index (κ3) is 3.91. The van der Waals surface area contributed by atoms with Gasteiger partial charge in [-0.15, -0.1) is 0 Å². The van der Waals surface area contributed by atoms with E-state index in [9.17, 15) is 19.5 Å². The van der Waals surface area contributed by atoms with Crippen molar-refractivity contribution in [2.45, 2.75) is 32.2 Å². The van der Waals surface area contributed by atoms with E-state index in [0.717, 1.165) is 16.6 Å². The Kier molecular flexibility index (Phi) is 5.44. The fourth-order valence-corrected chi connectivity index (χ4v) is 5.25. The van der Waals surface area contributed by atoms with Gasteiger partial charge >= 0.3 is 0 Å². The second-order valence-corrected chi connectivity index (χ2v) is 9.40. The Morgan fingerprint density at radius 3 is 2.70 bits per heavy atom. The first-order valence-corrected chi connectivity index (χ1v) is 12.1. The van der Waals surface area contributed by atoms with Crippen molar-refractivity contribution >= 4 is 27.8 Å². The molecular formula is C29H24N2O6. The summed E-state index contributed by atoms with van der Waals surface area (Å²) in [5.74, 6) is -1.71. The molecule has 37 heavy (non-hydrogen) atoms. The highest BCUT2D eigenvalue weighted by Gasteiger charge is 2.32. The van der Waals surface area contributed by atoms with E-state index >= 15 is 0 Å².